The van der Waals surface area contributed by atoms with Crippen LogP contribution in [0.5, 0.6) is 0 Å². The number of carboxylic acid groups (broad SMARTS) is 1. The van der Waals surface area contributed by atoms with Crippen molar-refractivity contribution in [3.05, 3.63) is 0 Å². The van der Waals surface area contributed by atoms with E-state index in [2.05, 4.69) is 0 Å². The fourth-order valence-electron chi connectivity index (χ4n) is 1.87. The van der Waals surface area contributed by atoms with Crippen molar-refractivity contribution in [1.82, 2.24) is 4.90 Å². The van der Waals surface area contributed by atoms with Gasteiger partial charge in [0.25, 0.3) is 0 Å². The van der Waals surface area contributed by atoms with E-state index in [-0.39, 0.29) is 11.8 Å². The van der Waals surface area contributed by atoms with E-state index >= 15 is 0 Å². The molecular weight excluding hydrogens is 182 g/mol. The van der Waals surface area contributed by atoms with Gasteiger partial charge in [0.15, 0.2) is 0 Å². The smallest absolute Gasteiger partial charge is 0.326 e. The van der Waals surface area contributed by atoms with Crippen LogP contribution in [0.15, 0.2) is 0 Å². The fourth-order valence-corrected chi connectivity index (χ4v) is 1.87. The van der Waals surface area contributed by atoms with Crippen LogP contribution in [-0.2, 0) is 9.59 Å². The van der Waals surface area contributed by atoms with Gasteiger partial charge in [-0.2, -0.15) is 0 Å². The van der Waals surface area contributed by atoms with Crippen LogP contribution in [0.25, 0.3) is 0 Å². The molecule has 1 aliphatic rings. The number of amides is 1. The van der Waals surface area contributed by atoms with E-state index in [9.17, 15) is 9.59 Å². The van der Waals surface area contributed by atoms with Crippen molar-refractivity contribution in [2.24, 2.45) is 5.92 Å². The topological polar surface area (TPSA) is 57.6 Å². The molecule has 0 unspecified atom stereocenters. The molecule has 1 rings (SSSR count). The zero-order valence-electron chi connectivity index (χ0n) is 8.69. The molecule has 0 aliphatic carbocycles. The van der Waals surface area contributed by atoms with E-state index in [4.69, 9.17) is 5.11 Å². The van der Waals surface area contributed by atoms with E-state index in [0.29, 0.717) is 13.0 Å². The van der Waals surface area contributed by atoms with E-state index in [1.54, 1.807) is 0 Å². The molecule has 0 aromatic rings. The van der Waals surface area contributed by atoms with Crippen molar-refractivity contribution in [2.75, 3.05) is 6.54 Å². The molecule has 1 fully saturated rings. The summed E-state index contributed by atoms with van der Waals surface area (Å²) in [5.41, 5.74) is 0. The summed E-state index contributed by atoms with van der Waals surface area (Å²) in [7, 11) is 0. The van der Waals surface area contributed by atoms with Crippen LogP contribution in [0.4, 0.5) is 0 Å². The summed E-state index contributed by atoms with van der Waals surface area (Å²) < 4.78 is 0. The molecule has 0 saturated carbocycles. The first-order valence-electron chi connectivity index (χ1n) is 5.10. The summed E-state index contributed by atoms with van der Waals surface area (Å²) in [5, 5.41) is 9.06. The Bertz CT molecular complexity index is 240. The lowest BCUT2D eigenvalue weighted by atomic mass is 9.98. The van der Waals surface area contributed by atoms with Gasteiger partial charge in [-0.15, -0.1) is 0 Å². The van der Waals surface area contributed by atoms with Crippen LogP contribution in [0.3, 0.4) is 0 Å². The van der Waals surface area contributed by atoms with Crippen molar-refractivity contribution >= 4 is 11.9 Å². The predicted octanol–water partition coefficient (Wildman–Crippen LogP) is 1.11. The summed E-state index contributed by atoms with van der Waals surface area (Å²) in [5.74, 6) is -0.873. The van der Waals surface area contributed by atoms with Crippen LogP contribution in [0.2, 0.25) is 0 Å². The molecule has 2 atom stereocenters. The van der Waals surface area contributed by atoms with Crippen molar-refractivity contribution < 1.29 is 14.7 Å². The molecule has 80 valence electrons. The Kier molecular flexibility index (Phi) is 3.49. The lowest BCUT2D eigenvalue weighted by molar-refractivity contribution is -0.150. The SMILES string of the molecule is CC[C@H](C)[C@@H](C(=O)O)N1CCCC1=O. The molecule has 0 bridgehead atoms. The highest BCUT2D eigenvalue weighted by Gasteiger charge is 2.35. The maximum atomic E-state index is 11.4. The minimum Gasteiger partial charge on any atom is -0.480 e. The Hall–Kier alpha value is -1.06. The second-order valence-electron chi connectivity index (χ2n) is 3.86. The van der Waals surface area contributed by atoms with Gasteiger partial charge in [-0.05, 0) is 12.3 Å². The number of carbonyl (C=O) groups excluding carboxylic acids is 1. The highest BCUT2D eigenvalue weighted by Crippen LogP contribution is 2.21. The van der Waals surface area contributed by atoms with Gasteiger partial charge in [-0.25, -0.2) is 4.79 Å². The van der Waals surface area contributed by atoms with Crippen LogP contribution < -0.4 is 0 Å². The average Bonchev–Trinajstić information content (AvgIpc) is 2.52. The van der Waals surface area contributed by atoms with E-state index in [1.807, 2.05) is 13.8 Å². The minimum absolute atomic E-state index is 0.0160. The molecule has 14 heavy (non-hydrogen) atoms. The molecule has 0 aromatic heterocycles. The van der Waals surface area contributed by atoms with Crippen molar-refractivity contribution in [3.63, 3.8) is 0 Å². The number of likely N-dealkylation sites (tertiary alicyclic amines) is 1. The normalized spacial score (nSPS) is 21.0. The summed E-state index contributed by atoms with van der Waals surface area (Å²) in [6.07, 6.45) is 2.07. The van der Waals surface area contributed by atoms with E-state index in [1.165, 1.54) is 4.90 Å². The Morgan fingerprint density at radius 1 is 1.64 bits per heavy atom. The molecule has 1 amide bonds. The number of carboxylic acids is 1. The van der Waals surface area contributed by atoms with Crippen molar-refractivity contribution in [1.29, 1.82) is 0 Å². The second kappa shape index (κ2) is 4.44. The summed E-state index contributed by atoms with van der Waals surface area (Å²) in [6.45, 7) is 4.42. The fraction of sp³-hybridized carbons (Fsp3) is 0.800. The van der Waals surface area contributed by atoms with Gasteiger partial charge in [0.1, 0.15) is 6.04 Å². The standard InChI is InChI=1S/C10H17NO3/c1-3-7(2)9(10(13)14)11-6-4-5-8(11)12/h7,9H,3-6H2,1-2H3,(H,13,14)/t7-,9-/m0/s1. The molecule has 1 saturated heterocycles. The van der Waals surface area contributed by atoms with Gasteiger partial charge in [0, 0.05) is 13.0 Å². The zero-order chi connectivity index (χ0) is 10.7. The largest absolute Gasteiger partial charge is 0.480 e. The van der Waals surface area contributed by atoms with Crippen LogP contribution >= 0.6 is 0 Å². The Labute approximate surface area is 83.9 Å². The van der Waals surface area contributed by atoms with Crippen molar-refractivity contribution in [2.45, 2.75) is 39.2 Å². The highest BCUT2D eigenvalue weighted by atomic mass is 16.4. The van der Waals surface area contributed by atoms with Crippen molar-refractivity contribution in [3.8, 4) is 0 Å². The predicted molar refractivity (Wildman–Crippen MR) is 51.8 cm³/mol. The third-order valence-electron chi connectivity index (χ3n) is 2.88. The van der Waals surface area contributed by atoms with Crippen LogP contribution in [0.1, 0.15) is 33.1 Å². The first-order valence-corrected chi connectivity index (χ1v) is 5.10. The first kappa shape index (κ1) is 11.0. The van der Waals surface area contributed by atoms with Gasteiger partial charge < -0.3 is 10.0 Å². The molecular formula is C10H17NO3. The first-order chi connectivity index (χ1) is 6.57. The molecule has 1 N–H and O–H groups in total. The maximum absolute atomic E-state index is 11.4. The van der Waals surface area contributed by atoms with Gasteiger partial charge in [-0.1, -0.05) is 20.3 Å². The summed E-state index contributed by atoms with van der Waals surface area (Å²) in [4.78, 5) is 24.0. The average molecular weight is 199 g/mol. The highest BCUT2D eigenvalue weighted by molar-refractivity contribution is 5.85. The van der Waals surface area contributed by atoms with Gasteiger partial charge >= 0.3 is 5.97 Å². The maximum Gasteiger partial charge on any atom is 0.326 e. The number of nitrogens with zero attached hydrogens (tertiary/aromatic N) is 1. The molecule has 1 aliphatic heterocycles. The lowest BCUT2D eigenvalue weighted by Crippen LogP contribution is -2.45. The van der Waals surface area contributed by atoms with Crippen LogP contribution in [0, 0.1) is 5.92 Å². The minimum atomic E-state index is -0.880. The Morgan fingerprint density at radius 3 is 2.64 bits per heavy atom. The lowest BCUT2D eigenvalue weighted by Gasteiger charge is -2.28. The zero-order valence-corrected chi connectivity index (χ0v) is 8.69. The summed E-state index contributed by atoms with van der Waals surface area (Å²) in [6, 6.07) is -0.630. The number of hydrogen-bond acceptors (Lipinski definition) is 2. The Morgan fingerprint density at radius 2 is 2.29 bits per heavy atom. The van der Waals surface area contributed by atoms with Crippen LogP contribution in [-0.4, -0.2) is 34.5 Å². The number of rotatable bonds is 4. The van der Waals surface area contributed by atoms with Gasteiger partial charge in [0.05, 0.1) is 0 Å². The van der Waals surface area contributed by atoms with Gasteiger partial charge in [0.2, 0.25) is 5.91 Å². The number of aliphatic carboxylic acids is 1. The number of hydrogen-bond donors (Lipinski definition) is 1. The van der Waals surface area contributed by atoms with E-state index < -0.39 is 12.0 Å². The third-order valence-corrected chi connectivity index (χ3v) is 2.88. The quantitative estimate of drug-likeness (QED) is 0.737. The summed E-state index contributed by atoms with van der Waals surface area (Å²) >= 11 is 0. The Balaban J connectivity index is 2.76. The molecule has 0 spiro atoms. The molecule has 4 nitrogen and oxygen atoms in total. The molecule has 1 heterocycles. The molecule has 0 radical (unpaired) electrons. The molecule has 0 aromatic carbocycles. The third kappa shape index (κ3) is 2.05. The number of carbonyl (C=O) groups is 2. The second-order valence-corrected chi connectivity index (χ2v) is 3.86. The van der Waals surface area contributed by atoms with Gasteiger partial charge in [-0.3, -0.25) is 4.79 Å². The van der Waals surface area contributed by atoms with E-state index in [0.717, 1.165) is 12.8 Å². The monoisotopic (exact) mass is 199 g/mol. The molecule has 4 heteroatoms.